The minimum absolute atomic E-state index is 0.368. The molecular weight excluding hydrogens is 318 g/mol. The molecule has 1 aliphatic rings. The largest absolute Gasteiger partial charge is 0.480 e. The molecule has 6 nitrogen and oxygen atoms in total. The van der Waals surface area contributed by atoms with Crippen LogP contribution in [0.3, 0.4) is 0 Å². The third-order valence-electron chi connectivity index (χ3n) is 4.20. The van der Waals surface area contributed by atoms with E-state index in [-0.39, 0.29) is 0 Å². The molecule has 120 valence electrons. The van der Waals surface area contributed by atoms with Gasteiger partial charge in [-0.3, -0.25) is 4.79 Å². The van der Waals surface area contributed by atoms with Crippen LogP contribution in [0.4, 0.5) is 0 Å². The molecule has 0 radical (unpaired) electrons. The van der Waals surface area contributed by atoms with Gasteiger partial charge in [-0.1, -0.05) is 11.6 Å². The van der Waals surface area contributed by atoms with Gasteiger partial charge in [-0.2, -0.15) is 5.10 Å². The molecule has 0 aliphatic heterocycles. The van der Waals surface area contributed by atoms with Gasteiger partial charge in [0.15, 0.2) is 0 Å². The van der Waals surface area contributed by atoms with Gasteiger partial charge in [0.25, 0.3) is 5.91 Å². The van der Waals surface area contributed by atoms with Gasteiger partial charge in [0, 0.05) is 11.2 Å². The summed E-state index contributed by atoms with van der Waals surface area (Å²) < 4.78 is 1.58. The van der Waals surface area contributed by atoms with Crippen LogP contribution in [0, 0.1) is 6.92 Å². The molecule has 1 amide bonds. The standard InChI is InChI=1S/C16H16ClN3O3/c1-10-13(14(21)18-16(15(22)23)7-2-8-16)9-20(19-10)12-5-3-11(17)4-6-12/h3-6,9H,2,7-8H2,1H3,(H,18,21)(H,22,23). The predicted molar refractivity (Wildman–Crippen MR) is 85.0 cm³/mol. The van der Waals surface area contributed by atoms with E-state index in [1.54, 1.807) is 42.1 Å². The van der Waals surface area contributed by atoms with Gasteiger partial charge in [-0.25, -0.2) is 9.48 Å². The van der Waals surface area contributed by atoms with Crippen LogP contribution < -0.4 is 5.32 Å². The monoisotopic (exact) mass is 333 g/mol. The van der Waals surface area contributed by atoms with Crippen molar-refractivity contribution in [2.24, 2.45) is 0 Å². The Labute approximate surface area is 138 Å². The molecule has 1 heterocycles. The third kappa shape index (κ3) is 2.82. The Bertz CT molecular complexity index is 763. The zero-order chi connectivity index (χ0) is 16.6. The van der Waals surface area contributed by atoms with E-state index in [4.69, 9.17) is 11.6 Å². The number of carbonyl (C=O) groups is 2. The zero-order valence-electron chi connectivity index (χ0n) is 12.5. The lowest BCUT2D eigenvalue weighted by atomic mass is 9.76. The summed E-state index contributed by atoms with van der Waals surface area (Å²) in [6, 6.07) is 7.06. The first kappa shape index (κ1) is 15.6. The van der Waals surface area contributed by atoms with Gasteiger partial charge in [0.05, 0.1) is 16.9 Å². The molecule has 3 rings (SSSR count). The highest BCUT2D eigenvalue weighted by Crippen LogP contribution is 2.32. The normalized spacial score (nSPS) is 15.7. The fourth-order valence-electron chi connectivity index (χ4n) is 2.62. The van der Waals surface area contributed by atoms with Crippen LogP contribution in [0.15, 0.2) is 30.5 Å². The highest BCUT2D eigenvalue weighted by Gasteiger charge is 2.46. The highest BCUT2D eigenvalue weighted by atomic mass is 35.5. The number of nitrogens with zero attached hydrogens (tertiary/aromatic N) is 2. The summed E-state index contributed by atoms with van der Waals surface area (Å²) in [5, 5.41) is 16.9. The summed E-state index contributed by atoms with van der Waals surface area (Å²) in [6.07, 6.45) is 3.31. The molecule has 0 saturated heterocycles. The molecular formula is C16H16ClN3O3. The lowest BCUT2D eigenvalue weighted by Crippen LogP contribution is -2.59. The predicted octanol–water partition coefficient (Wildman–Crippen LogP) is 2.57. The summed E-state index contributed by atoms with van der Waals surface area (Å²) in [6.45, 7) is 1.72. The van der Waals surface area contributed by atoms with Crippen LogP contribution in [0.1, 0.15) is 35.3 Å². The second-order valence-corrected chi connectivity index (χ2v) is 6.18. The summed E-state index contributed by atoms with van der Waals surface area (Å²) in [5.74, 6) is -1.40. The van der Waals surface area contributed by atoms with Crippen molar-refractivity contribution in [2.75, 3.05) is 0 Å². The van der Waals surface area contributed by atoms with E-state index in [0.29, 0.717) is 29.1 Å². The molecule has 2 aromatic rings. The first-order valence-corrected chi connectivity index (χ1v) is 7.67. The van der Waals surface area contributed by atoms with Crippen LogP contribution in [0.5, 0.6) is 0 Å². The first-order valence-electron chi connectivity index (χ1n) is 7.29. The van der Waals surface area contributed by atoms with Gasteiger partial charge in [0.2, 0.25) is 0 Å². The molecule has 7 heteroatoms. The zero-order valence-corrected chi connectivity index (χ0v) is 13.3. The fraction of sp³-hybridized carbons (Fsp3) is 0.312. The molecule has 1 saturated carbocycles. The number of carboxylic acids is 1. The van der Waals surface area contributed by atoms with E-state index < -0.39 is 17.4 Å². The van der Waals surface area contributed by atoms with E-state index in [1.807, 2.05) is 0 Å². The number of amides is 1. The van der Waals surface area contributed by atoms with Crippen molar-refractivity contribution in [2.45, 2.75) is 31.7 Å². The lowest BCUT2D eigenvalue weighted by molar-refractivity contribution is -0.148. The summed E-state index contributed by atoms with van der Waals surface area (Å²) in [5.41, 5.74) is 0.546. The first-order chi connectivity index (χ1) is 10.9. The Hall–Kier alpha value is -2.34. The number of carbonyl (C=O) groups excluding carboxylic acids is 1. The van der Waals surface area contributed by atoms with Crippen molar-refractivity contribution in [3.63, 3.8) is 0 Å². The molecule has 1 aliphatic carbocycles. The number of aromatic nitrogens is 2. The molecule has 23 heavy (non-hydrogen) atoms. The van der Waals surface area contributed by atoms with Crippen LogP contribution >= 0.6 is 11.6 Å². The van der Waals surface area contributed by atoms with Crippen molar-refractivity contribution in [3.8, 4) is 5.69 Å². The smallest absolute Gasteiger partial charge is 0.329 e. The van der Waals surface area contributed by atoms with Crippen molar-refractivity contribution in [1.82, 2.24) is 15.1 Å². The molecule has 0 spiro atoms. The van der Waals surface area contributed by atoms with E-state index >= 15 is 0 Å². The Balaban J connectivity index is 1.84. The minimum Gasteiger partial charge on any atom is -0.480 e. The van der Waals surface area contributed by atoms with Gasteiger partial charge < -0.3 is 10.4 Å². The maximum atomic E-state index is 12.4. The SMILES string of the molecule is Cc1nn(-c2ccc(Cl)cc2)cc1C(=O)NC1(C(=O)O)CCC1. The van der Waals surface area contributed by atoms with Crippen LogP contribution in [-0.4, -0.2) is 32.3 Å². The molecule has 0 bridgehead atoms. The second-order valence-electron chi connectivity index (χ2n) is 5.74. The molecule has 2 N–H and O–H groups in total. The summed E-state index contributed by atoms with van der Waals surface area (Å²) >= 11 is 5.86. The van der Waals surface area contributed by atoms with E-state index in [1.165, 1.54) is 0 Å². The van der Waals surface area contributed by atoms with Crippen molar-refractivity contribution >= 4 is 23.5 Å². The number of benzene rings is 1. The average molecular weight is 334 g/mol. The summed E-state index contributed by atoms with van der Waals surface area (Å²) in [4.78, 5) is 23.8. The molecule has 0 atom stereocenters. The molecule has 1 fully saturated rings. The maximum Gasteiger partial charge on any atom is 0.329 e. The number of nitrogens with one attached hydrogen (secondary N) is 1. The number of aliphatic carboxylic acids is 1. The quantitative estimate of drug-likeness (QED) is 0.900. The van der Waals surface area contributed by atoms with Crippen LogP contribution in [-0.2, 0) is 4.79 Å². The van der Waals surface area contributed by atoms with Gasteiger partial charge in [-0.05, 0) is 50.5 Å². The maximum absolute atomic E-state index is 12.4. The number of hydrogen-bond donors (Lipinski definition) is 2. The molecule has 1 aromatic heterocycles. The topological polar surface area (TPSA) is 84.2 Å². The van der Waals surface area contributed by atoms with E-state index in [0.717, 1.165) is 12.1 Å². The minimum atomic E-state index is -1.13. The Morgan fingerprint density at radius 2 is 1.96 bits per heavy atom. The third-order valence-corrected chi connectivity index (χ3v) is 4.46. The Kier molecular flexibility index (Phi) is 3.85. The van der Waals surface area contributed by atoms with Gasteiger partial charge >= 0.3 is 5.97 Å². The van der Waals surface area contributed by atoms with E-state index in [9.17, 15) is 14.7 Å². The number of carboxylic acid groups (broad SMARTS) is 1. The van der Waals surface area contributed by atoms with E-state index in [2.05, 4.69) is 10.4 Å². The Morgan fingerprint density at radius 1 is 1.30 bits per heavy atom. The van der Waals surface area contributed by atoms with Crippen molar-refractivity contribution in [3.05, 3.63) is 46.7 Å². The fourth-order valence-corrected chi connectivity index (χ4v) is 2.74. The molecule has 1 aromatic carbocycles. The molecule has 0 unspecified atom stereocenters. The number of hydrogen-bond acceptors (Lipinski definition) is 3. The van der Waals surface area contributed by atoms with Gasteiger partial charge in [-0.15, -0.1) is 0 Å². The number of halogens is 1. The van der Waals surface area contributed by atoms with Crippen LogP contribution in [0.25, 0.3) is 5.69 Å². The van der Waals surface area contributed by atoms with Crippen molar-refractivity contribution < 1.29 is 14.7 Å². The number of aryl methyl sites for hydroxylation is 1. The second kappa shape index (κ2) is 5.70. The number of rotatable bonds is 4. The highest BCUT2D eigenvalue weighted by molar-refractivity contribution is 6.30. The summed E-state index contributed by atoms with van der Waals surface area (Å²) in [7, 11) is 0. The average Bonchev–Trinajstić information content (AvgIpc) is 2.85. The Morgan fingerprint density at radius 3 is 2.48 bits per heavy atom. The van der Waals surface area contributed by atoms with Crippen molar-refractivity contribution in [1.29, 1.82) is 0 Å². The lowest BCUT2D eigenvalue weighted by Gasteiger charge is -2.38. The van der Waals surface area contributed by atoms with Gasteiger partial charge in [0.1, 0.15) is 5.54 Å². The van der Waals surface area contributed by atoms with Crippen LogP contribution in [0.2, 0.25) is 5.02 Å².